The molecular formula is C23H41NO3. The van der Waals surface area contributed by atoms with Gasteiger partial charge in [0, 0.05) is 12.5 Å². The molecule has 4 heteroatoms. The van der Waals surface area contributed by atoms with Gasteiger partial charge in [-0.1, -0.05) is 52.0 Å². The molecule has 2 rings (SSSR count). The molecular weight excluding hydrogens is 338 g/mol. The van der Waals surface area contributed by atoms with Gasteiger partial charge in [0.25, 0.3) is 0 Å². The molecule has 0 bridgehead atoms. The van der Waals surface area contributed by atoms with Crippen LogP contribution in [0, 0.1) is 23.7 Å². The van der Waals surface area contributed by atoms with Crippen molar-refractivity contribution in [2.24, 2.45) is 23.7 Å². The quantitative estimate of drug-likeness (QED) is 0.307. The van der Waals surface area contributed by atoms with Gasteiger partial charge >= 0.3 is 0 Å². The first kappa shape index (κ1) is 22.4. The van der Waals surface area contributed by atoms with E-state index in [1.54, 1.807) is 0 Å². The minimum Gasteiger partial charge on any atom is -0.368 e. The zero-order chi connectivity index (χ0) is 19.5. The van der Waals surface area contributed by atoms with Crippen molar-refractivity contribution in [1.82, 2.24) is 5.32 Å². The second-order valence-corrected chi connectivity index (χ2v) is 8.71. The molecule has 0 radical (unpaired) electrons. The highest BCUT2D eigenvalue weighted by Crippen LogP contribution is 2.42. The van der Waals surface area contributed by atoms with Crippen LogP contribution in [-0.4, -0.2) is 30.5 Å². The van der Waals surface area contributed by atoms with E-state index in [1.165, 1.54) is 70.3 Å². The summed E-state index contributed by atoms with van der Waals surface area (Å²) in [6.07, 6.45) is 16.5. The van der Waals surface area contributed by atoms with Crippen LogP contribution in [0.3, 0.4) is 0 Å². The number of nitrogens with one attached hydrogen (secondary N) is 1. The number of hydrogen-bond acceptors (Lipinski definition) is 3. The second-order valence-electron chi connectivity index (χ2n) is 8.71. The minimum atomic E-state index is -0.694. The Morgan fingerprint density at radius 1 is 1.11 bits per heavy atom. The summed E-state index contributed by atoms with van der Waals surface area (Å²) in [4.78, 5) is 11.1. The van der Waals surface area contributed by atoms with Gasteiger partial charge < -0.3 is 15.2 Å². The van der Waals surface area contributed by atoms with E-state index in [0.717, 1.165) is 30.6 Å². The zero-order valence-electron chi connectivity index (χ0n) is 17.3. The number of unbranched alkanes of at least 4 members (excludes halogenated alkanes) is 2. The Bertz CT molecular complexity index is 423. The number of carbonyl (C=O) groups excluding carboxylic acids is 1. The normalized spacial score (nSPS) is 29.9. The lowest BCUT2D eigenvalue weighted by Crippen LogP contribution is -2.33. The lowest BCUT2D eigenvalue weighted by atomic mass is 9.68. The minimum absolute atomic E-state index is 0.200. The third-order valence-electron chi connectivity index (χ3n) is 6.87. The monoisotopic (exact) mass is 379 g/mol. The van der Waals surface area contributed by atoms with E-state index < -0.39 is 6.29 Å². The number of amides is 1. The molecule has 0 heterocycles. The van der Waals surface area contributed by atoms with Crippen molar-refractivity contribution < 1.29 is 14.6 Å². The van der Waals surface area contributed by atoms with Gasteiger partial charge in [-0.25, -0.2) is 0 Å². The van der Waals surface area contributed by atoms with Crippen LogP contribution in [0.1, 0.15) is 84.0 Å². The van der Waals surface area contributed by atoms with Crippen LogP contribution in [0.4, 0.5) is 0 Å². The molecule has 2 saturated carbocycles. The van der Waals surface area contributed by atoms with Crippen LogP contribution in [-0.2, 0) is 9.53 Å². The van der Waals surface area contributed by atoms with Gasteiger partial charge in [-0.15, -0.1) is 0 Å². The van der Waals surface area contributed by atoms with Crippen LogP contribution in [0.2, 0.25) is 0 Å². The third-order valence-corrected chi connectivity index (χ3v) is 6.87. The number of carbonyl (C=O) groups is 1. The van der Waals surface area contributed by atoms with E-state index in [4.69, 9.17) is 4.74 Å². The average Bonchev–Trinajstić information content (AvgIpc) is 2.71. The Hall–Kier alpha value is -0.870. The van der Waals surface area contributed by atoms with Crippen LogP contribution in [0.5, 0.6) is 0 Å². The maximum absolute atomic E-state index is 11.1. The number of hydrogen-bond donors (Lipinski definition) is 2. The fourth-order valence-electron chi connectivity index (χ4n) is 5.10. The maximum Gasteiger partial charge on any atom is 0.243 e. The molecule has 0 spiro atoms. The Kier molecular flexibility index (Phi) is 10.4. The van der Waals surface area contributed by atoms with Gasteiger partial charge in [0.05, 0.1) is 6.61 Å². The van der Waals surface area contributed by atoms with Crippen molar-refractivity contribution in [1.29, 1.82) is 0 Å². The zero-order valence-corrected chi connectivity index (χ0v) is 17.3. The van der Waals surface area contributed by atoms with Gasteiger partial charge in [0.2, 0.25) is 5.91 Å². The fraction of sp³-hybridized carbons (Fsp3) is 0.870. The van der Waals surface area contributed by atoms with E-state index in [2.05, 4.69) is 18.8 Å². The predicted molar refractivity (Wildman–Crippen MR) is 110 cm³/mol. The fourth-order valence-corrected chi connectivity index (χ4v) is 5.10. The largest absolute Gasteiger partial charge is 0.368 e. The van der Waals surface area contributed by atoms with Crippen LogP contribution in [0.25, 0.3) is 0 Å². The maximum atomic E-state index is 11.1. The molecule has 2 aliphatic rings. The van der Waals surface area contributed by atoms with Gasteiger partial charge in [-0.3, -0.25) is 4.79 Å². The second kappa shape index (κ2) is 12.6. The van der Waals surface area contributed by atoms with E-state index in [1.807, 2.05) is 0 Å². The molecule has 0 aliphatic heterocycles. The van der Waals surface area contributed by atoms with Gasteiger partial charge in [0.1, 0.15) is 0 Å². The first-order valence-electron chi connectivity index (χ1n) is 11.3. The standard InChI is InChI=1S/C23H41NO3/c1-3-5-6-7-18-8-10-19(11-9-18)20-12-14-21(15-13-20)23(26)27-17-16-24-22(25)4-2/h4,18-21,23,26H,2-3,5-17H2,1H3,(H,24,25). The summed E-state index contributed by atoms with van der Waals surface area (Å²) in [5.41, 5.74) is 0. The molecule has 0 saturated heterocycles. The summed E-state index contributed by atoms with van der Waals surface area (Å²) >= 11 is 0. The predicted octanol–water partition coefficient (Wildman–Crippen LogP) is 4.82. The Morgan fingerprint density at radius 3 is 2.33 bits per heavy atom. The third kappa shape index (κ3) is 7.95. The number of rotatable bonds is 11. The molecule has 1 amide bonds. The summed E-state index contributed by atoms with van der Waals surface area (Å²) in [6, 6.07) is 0. The van der Waals surface area contributed by atoms with Crippen LogP contribution >= 0.6 is 0 Å². The molecule has 1 unspecified atom stereocenters. The van der Waals surface area contributed by atoms with E-state index in [0.29, 0.717) is 13.2 Å². The lowest BCUT2D eigenvalue weighted by Gasteiger charge is -2.38. The molecule has 1 atom stereocenters. The molecule has 2 fully saturated rings. The molecule has 2 aliphatic carbocycles. The van der Waals surface area contributed by atoms with Gasteiger partial charge in [-0.2, -0.15) is 0 Å². The van der Waals surface area contributed by atoms with Crippen LogP contribution < -0.4 is 5.32 Å². The highest BCUT2D eigenvalue weighted by atomic mass is 16.6. The van der Waals surface area contributed by atoms with E-state index >= 15 is 0 Å². The number of aliphatic hydroxyl groups is 1. The summed E-state index contributed by atoms with van der Waals surface area (Å²) in [5.74, 6) is 2.81. The molecule has 0 aromatic carbocycles. The smallest absolute Gasteiger partial charge is 0.243 e. The molecule has 0 aromatic rings. The molecule has 2 N–H and O–H groups in total. The number of ether oxygens (including phenoxy) is 1. The topological polar surface area (TPSA) is 58.6 Å². The first-order chi connectivity index (χ1) is 13.1. The van der Waals surface area contributed by atoms with Crippen molar-refractivity contribution in [3.05, 3.63) is 12.7 Å². The summed E-state index contributed by atoms with van der Waals surface area (Å²) < 4.78 is 5.52. The molecule has 156 valence electrons. The molecule has 4 nitrogen and oxygen atoms in total. The SMILES string of the molecule is C=CC(=O)NCCOC(O)C1CCC(C2CCC(CCCCC)CC2)CC1. The van der Waals surface area contributed by atoms with Gasteiger partial charge in [0.15, 0.2) is 6.29 Å². The molecule has 0 aromatic heterocycles. The Labute approximate surface area is 166 Å². The Balaban J connectivity index is 1.58. The van der Waals surface area contributed by atoms with Crippen molar-refractivity contribution in [3.63, 3.8) is 0 Å². The van der Waals surface area contributed by atoms with Crippen LogP contribution in [0.15, 0.2) is 12.7 Å². The van der Waals surface area contributed by atoms with Crippen molar-refractivity contribution >= 4 is 5.91 Å². The van der Waals surface area contributed by atoms with Crippen molar-refractivity contribution in [3.8, 4) is 0 Å². The highest BCUT2D eigenvalue weighted by Gasteiger charge is 2.33. The van der Waals surface area contributed by atoms with Crippen molar-refractivity contribution in [2.45, 2.75) is 90.3 Å². The van der Waals surface area contributed by atoms with E-state index in [-0.39, 0.29) is 11.8 Å². The van der Waals surface area contributed by atoms with E-state index in [9.17, 15) is 9.90 Å². The summed E-state index contributed by atoms with van der Waals surface area (Å²) in [5, 5.41) is 12.9. The number of aliphatic hydroxyl groups excluding tert-OH is 1. The summed E-state index contributed by atoms with van der Waals surface area (Å²) in [7, 11) is 0. The summed E-state index contributed by atoms with van der Waals surface area (Å²) in [6.45, 7) is 6.46. The highest BCUT2D eigenvalue weighted by molar-refractivity contribution is 5.86. The van der Waals surface area contributed by atoms with Crippen molar-refractivity contribution in [2.75, 3.05) is 13.2 Å². The molecule has 27 heavy (non-hydrogen) atoms. The Morgan fingerprint density at radius 2 is 1.74 bits per heavy atom. The first-order valence-corrected chi connectivity index (χ1v) is 11.3. The average molecular weight is 380 g/mol. The van der Waals surface area contributed by atoms with Gasteiger partial charge in [-0.05, 0) is 62.4 Å². The lowest BCUT2D eigenvalue weighted by molar-refractivity contribution is -0.144.